The zero-order chi connectivity index (χ0) is 9.68. The summed E-state index contributed by atoms with van der Waals surface area (Å²) < 4.78 is 0. The largest absolute Gasteiger partial charge is 0.388 e. The lowest BCUT2D eigenvalue weighted by Gasteiger charge is -2.06. The Balaban J connectivity index is 2.26. The van der Waals surface area contributed by atoms with Crippen molar-refractivity contribution in [2.45, 2.75) is 25.4 Å². The number of carbonyl (C=O) groups is 1. The van der Waals surface area contributed by atoms with Gasteiger partial charge in [-0.2, -0.15) is 0 Å². The van der Waals surface area contributed by atoms with E-state index < -0.39 is 6.10 Å². The highest BCUT2D eigenvalue weighted by Gasteiger charge is 2.08. The third kappa shape index (κ3) is 3.57. The number of thiophene rings is 1. The van der Waals surface area contributed by atoms with Gasteiger partial charge in [0.15, 0.2) is 0 Å². The number of primary amides is 1. The van der Waals surface area contributed by atoms with Crippen LogP contribution in [0.2, 0.25) is 0 Å². The van der Waals surface area contributed by atoms with Crippen molar-refractivity contribution in [2.24, 2.45) is 5.73 Å². The molecule has 1 rings (SSSR count). The molecule has 1 atom stereocenters. The zero-order valence-corrected chi connectivity index (χ0v) is 8.09. The second-order valence-electron chi connectivity index (χ2n) is 2.89. The van der Waals surface area contributed by atoms with Gasteiger partial charge in [0.25, 0.3) is 0 Å². The van der Waals surface area contributed by atoms with Crippen LogP contribution < -0.4 is 5.73 Å². The van der Waals surface area contributed by atoms with Crippen LogP contribution in [-0.4, -0.2) is 11.0 Å². The van der Waals surface area contributed by atoms with Gasteiger partial charge >= 0.3 is 0 Å². The first-order valence-electron chi connectivity index (χ1n) is 4.20. The molecule has 13 heavy (non-hydrogen) atoms. The van der Waals surface area contributed by atoms with E-state index >= 15 is 0 Å². The van der Waals surface area contributed by atoms with Crippen molar-refractivity contribution in [1.29, 1.82) is 0 Å². The van der Waals surface area contributed by atoms with Crippen LogP contribution in [0, 0.1) is 0 Å². The molecule has 0 spiro atoms. The van der Waals surface area contributed by atoms with Crippen LogP contribution >= 0.6 is 11.3 Å². The molecule has 1 heterocycles. The highest BCUT2D eigenvalue weighted by atomic mass is 32.1. The van der Waals surface area contributed by atoms with E-state index in [2.05, 4.69) is 0 Å². The van der Waals surface area contributed by atoms with Gasteiger partial charge < -0.3 is 10.8 Å². The molecule has 0 fully saturated rings. The maximum Gasteiger partial charge on any atom is 0.217 e. The quantitative estimate of drug-likeness (QED) is 0.753. The highest BCUT2D eigenvalue weighted by molar-refractivity contribution is 7.10. The molecule has 0 saturated heterocycles. The van der Waals surface area contributed by atoms with Crippen LogP contribution in [0.4, 0.5) is 0 Å². The summed E-state index contributed by atoms with van der Waals surface area (Å²) in [6.45, 7) is 0. The van der Waals surface area contributed by atoms with Crippen LogP contribution in [0.1, 0.15) is 30.2 Å². The van der Waals surface area contributed by atoms with E-state index in [4.69, 9.17) is 5.73 Å². The fourth-order valence-electron chi connectivity index (χ4n) is 1.09. The number of nitrogens with two attached hydrogens (primary N) is 1. The van der Waals surface area contributed by atoms with Crippen LogP contribution in [0.25, 0.3) is 0 Å². The molecule has 3 N–H and O–H groups in total. The Morgan fingerprint density at radius 3 is 3.00 bits per heavy atom. The Morgan fingerprint density at radius 1 is 1.69 bits per heavy atom. The van der Waals surface area contributed by atoms with E-state index in [-0.39, 0.29) is 5.91 Å². The van der Waals surface area contributed by atoms with Crippen molar-refractivity contribution in [2.75, 3.05) is 0 Å². The Kier molecular flexibility index (Phi) is 3.92. The Hall–Kier alpha value is -0.870. The minimum Gasteiger partial charge on any atom is -0.388 e. The van der Waals surface area contributed by atoms with E-state index in [9.17, 15) is 9.90 Å². The van der Waals surface area contributed by atoms with Crippen LogP contribution in [0.15, 0.2) is 17.5 Å². The number of hydrogen-bond donors (Lipinski definition) is 2. The van der Waals surface area contributed by atoms with Crippen molar-refractivity contribution in [3.63, 3.8) is 0 Å². The highest BCUT2D eigenvalue weighted by Crippen LogP contribution is 2.23. The van der Waals surface area contributed by atoms with Gasteiger partial charge in [0.05, 0.1) is 6.10 Å². The summed E-state index contributed by atoms with van der Waals surface area (Å²) in [5.74, 6) is -0.307. The maximum atomic E-state index is 10.4. The van der Waals surface area contributed by atoms with Crippen molar-refractivity contribution in [3.8, 4) is 0 Å². The molecule has 72 valence electrons. The number of aliphatic hydroxyl groups is 1. The molecule has 0 aliphatic heterocycles. The van der Waals surface area contributed by atoms with Crippen LogP contribution in [-0.2, 0) is 4.79 Å². The number of carbonyl (C=O) groups excluding carboxylic acids is 1. The topological polar surface area (TPSA) is 63.3 Å². The molecular weight excluding hydrogens is 186 g/mol. The first-order valence-corrected chi connectivity index (χ1v) is 5.08. The van der Waals surface area contributed by atoms with Crippen molar-refractivity contribution < 1.29 is 9.90 Å². The molecule has 1 aromatic heterocycles. The monoisotopic (exact) mass is 199 g/mol. The van der Waals surface area contributed by atoms with E-state index in [1.54, 1.807) is 0 Å². The zero-order valence-electron chi connectivity index (χ0n) is 7.27. The summed E-state index contributed by atoms with van der Waals surface area (Å²) in [6, 6.07) is 3.79. The second-order valence-corrected chi connectivity index (χ2v) is 3.87. The summed E-state index contributed by atoms with van der Waals surface area (Å²) in [5, 5.41) is 11.5. The molecule has 0 aromatic carbocycles. The molecule has 0 aliphatic rings. The predicted octanol–water partition coefficient (Wildman–Crippen LogP) is 1.44. The fourth-order valence-corrected chi connectivity index (χ4v) is 1.84. The fraction of sp³-hybridized carbons (Fsp3) is 0.444. The Labute approximate surface area is 81.2 Å². The molecular formula is C9H13NO2S. The van der Waals surface area contributed by atoms with Crippen molar-refractivity contribution >= 4 is 17.2 Å². The summed E-state index contributed by atoms with van der Waals surface area (Å²) in [7, 11) is 0. The van der Waals surface area contributed by atoms with E-state index in [0.29, 0.717) is 19.3 Å². The van der Waals surface area contributed by atoms with E-state index in [1.807, 2.05) is 17.5 Å². The smallest absolute Gasteiger partial charge is 0.217 e. The number of aliphatic hydroxyl groups excluding tert-OH is 1. The van der Waals surface area contributed by atoms with Crippen LogP contribution in [0.3, 0.4) is 0 Å². The van der Waals surface area contributed by atoms with Gasteiger partial charge in [0.2, 0.25) is 5.91 Å². The summed E-state index contributed by atoms with van der Waals surface area (Å²) in [5.41, 5.74) is 4.98. The van der Waals surface area contributed by atoms with E-state index in [0.717, 1.165) is 4.88 Å². The van der Waals surface area contributed by atoms with Crippen molar-refractivity contribution in [1.82, 2.24) is 0 Å². The second kappa shape index (κ2) is 4.99. The third-order valence-electron chi connectivity index (χ3n) is 1.77. The number of rotatable bonds is 5. The Morgan fingerprint density at radius 2 is 2.46 bits per heavy atom. The lowest BCUT2D eigenvalue weighted by atomic mass is 10.1. The summed E-state index contributed by atoms with van der Waals surface area (Å²) >= 11 is 1.52. The number of amides is 1. The molecule has 0 aliphatic carbocycles. The molecule has 1 unspecified atom stereocenters. The normalized spacial score (nSPS) is 12.7. The molecule has 3 nitrogen and oxygen atoms in total. The SMILES string of the molecule is NC(=O)CCCC(O)c1cccs1. The van der Waals surface area contributed by atoms with Gasteiger partial charge in [-0.05, 0) is 24.3 Å². The molecule has 1 amide bonds. The lowest BCUT2D eigenvalue weighted by molar-refractivity contribution is -0.118. The molecule has 0 bridgehead atoms. The first-order chi connectivity index (χ1) is 6.20. The summed E-state index contributed by atoms with van der Waals surface area (Å²) in [6.07, 6.45) is 1.15. The summed E-state index contributed by atoms with van der Waals surface area (Å²) in [4.78, 5) is 11.4. The van der Waals surface area contributed by atoms with Crippen molar-refractivity contribution in [3.05, 3.63) is 22.4 Å². The predicted molar refractivity (Wildman–Crippen MR) is 52.3 cm³/mol. The maximum absolute atomic E-state index is 10.4. The molecule has 0 saturated carbocycles. The average molecular weight is 199 g/mol. The Bertz CT molecular complexity index is 259. The van der Waals surface area contributed by atoms with Gasteiger partial charge in [-0.15, -0.1) is 11.3 Å². The van der Waals surface area contributed by atoms with Gasteiger partial charge in [-0.3, -0.25) is 4.79 Å². The van der Waals surface area contributed by atoms with Gasteiger partial charge in [-0.1, -0.05) is 6.07 Å². The third-order valence-corrected chi connectivity index (χ3v) is 2.75. The molecule has 1 aromatic rings. The van der Waals surface area contributed by atoms with Gasteiger partial charge in [0.1, 0.15) is 0 Å². The lowest BCUT2D eigenvalue weighted by Crippen LogP contribution is -2.10. The van der Waals surface area contributed by atoms with Gasteiger partial charge in [0, 0.05) is 11.3 Å². The molecule has 4 heteroatoms. The minimum atomic E-state index is -0.445. The minimum absolute atomic E-state index is 0.307. The standard InChI is InChI=1S/C9H13NO2S/c10-9(12)5-1-3-7(11)8-4-2-6-13-8/h2,4,6-7,11H,1,3,5H2,(H2,10,12). The number of hydrogen-bond acceptors (Lipinski definition) is 3. The van der Waals surface area contributed by atoms with Gasteiger partial charge in [-0.25, -0.2) is 0 Å². The van der Waals surface area contributed by atoms with E-state index in [1.165, 1.54) is 11.3 Å². The molecule has 0 radical (unpaired) electrons. The average Bonchev–Trinajstić information content (AvgIpc) is 2.55. The van der Waals surface area contributed by atoms with Crippen LogP contribution in [0.5, 0.6) is 0 Å². The first kappa shape index (κ1) is 10.2.